The maximum absolute atomic E-state index is 9.11. The molecule has 0 heterocycles. The Labute approximate surface area is 61.2 Å². The molecule has 2 heteroatoms. The molecule has 54 valence electrons. The van der Waals surface area contributed by atoms with Crippen LogP contribution in [0.1, 0.15) is 19.8 Å². The number of thioether (sulfide) groups is 1. The highest BCUT2D eigenvalue weighted by molar-refractivity contribution is 8.02. The van der Waals surface area contributed by atoms with Crippen LogP contribution in [0.5, 0.6) is 0 Å². The summed E-state index contributed by atoms with van der Waals surface area (Å²) in [5.41, 5.74) is 0. The second-order valence-corrected chi connectivity index (χ2v) is 2.94. The molecule has 1 atom stereocenters. The van der Waals surface area contributed by atoms with Gasteiger partial charge in [-0.1, -0.05) is 19.9 Å². The Balaban J connectivity index is 3.04. The summed E-state index contributed by atoms with van der Waals surface area (Å²) in [6, 6.07) is 0. The van der Waals surface area contributed by atoms with E-state index in [2.05, 4.69) is 13.5 Å². The lowest BCUT2D eigenvalue weighted by molar-refractivity contribution is 0.188. The summed E-state index contributed by atoms with van der Waals surface area (Å²) in [4.78, 5) is 0. The molecule has 0 radical (unpaired) electrons. The quantitative estimate of drug-likeness (QED) is 0.640. The Morgan fingerprint density at radius 3 is 2.89 bits per heavy atom. The van der Waals surface area contributed by atoms with Gasteiger partial charge in [-0.15, -0.1) is 11.8 Å². The van der Waals surface area contributed by atoms with Gasteiger partial charge in [0.05, 0.1) is 6.10 Å². The molecule has 0 fully saturated rings. The first-order chi connectivity index (χ1) is 4.31. The highest BCUT2D eigenvalue weighted by atomic mass is 32.2. The number of rotatable bonds is 5. The third-order valence-corrected chi connectivity index (χ3v) is 1.84. The van der Waals surface area contributed by atoms with Crippen LogP contribution in [0.4, 0.5) is 0 Å². The zero-order chi connectivity index (χ0) is 7.11. The minimum atomic E-state index is -0.141. The van der Waals surface area contributed by atoms with E-state index in [0.717, 1.165) is 18.6 Å². The molecular formula is C7H14OS. The first-order valence-corrected chi connectivity index (χ1v) is 4.26. The number of hydrogen-bond donors (Lipinski definition) is 1. The van der Waals surface area contributed by atoms with Gasteiger partial charge in [0, 0.05) is 5.75 Å². The van der Waals surface area contributed by atoms with Gasteiger partial charge in [-0.3, -0.25) is 0 Å². The normalized spacial score (nSPS) is 13.1. The second-order valence-electron chi connectivity index (χ2n) is 1.94. The Hall–Kier alpha value is 0.0500. The average molecular weight is 146 g/mol. The molecule has 0 spiro atoms. The molecule has 1 N–H and O–H groups in total. The molecule has 1 nitrogen and oxygen atoms in total. The Morgan fingerprint density at radius 2 is 2.44 bits per heavy atom. The van der Waals surface area contributed by atoms with Gasteiger partial charge in [-0.2, -0.15) is 0 Å². The van der Waals surface area contributed by atoms with Gasteiger partial charge < -0.3 is 5.11 Å². The van der Waals surface area contributed by atoms with Crippen molar-refractivity contribution in [1.82, 2.24) is 0 Å². The van der Waals surface area contributed by atoms with Crippen molar-refractivity contribution in [1.29, 1.82) is 0 Å². The van der Waals surface area contributed by atoms with Crippen molar-refractivity contribution in [2.75, 3.05) is 5.75 Å². The zero-order valence-electron chi connectivity index (χ0n) is 5.84. The van der Waals surface area contributed by atoms with Crippen LogP contribution in [0.2, 0.25) is 0 Å². The zero-order valence-corrected chi connectivity index (χ0v) is 6.66. The summed E-state index contributed by atoms with van der Waals surface area (Å²) in [6.07, 6.45) is 1.82. The van der Waals surface area contributed by atoms with E-state index >= 15 is 0 Å². The lowest BCUT2D eigenvalue weighted by Gasteiger charge is -2.04. The van der Waals surface area contributed by atoms with Crippen molar-refractivity contribution < 1.29 is 5.11 Å². The molecule has 0 rings (SSSR count). The monoisotopic (exact) mass is 146 g/mol. The van der Waals surface area contributed by atoms with Crippen molar-refractivity contribution >= 4 is 11.8 Å². The van der Waals surface area contributed by atoms with E-state index in [1.165, 1.54) is 0 Å². The number of aliphatic hydroxyl groups excluding tert-OH is 1. The van der Waals surface area contributed by atoms with Gasteiger partial charge >= 0.3 is 0 Å². The molecule has 0 aromatic carbocycles. The maximum atomic E-state index is 9.11. The first-order valence-electron chi connectivity index (χ1n) is 3.21. The molecule has 0 aromatic rings. The average Bonchev–Trinajstić information content (AvgIpc) is 1.85. The highest BCUT2D eigenvalue weighted by Crippen LogP contribution is 2.06. The van der Waals surface area contributed by atoms with Gasteiger partial charge in [-0.25, -0.2) is 0 Å². The predicted octanol–water partition coefficient (Wildman–Crippen LogP) is 2.02. The molecule has 0 amide bonds. The van der Waals surface area contributed by atoms with Crippen molar-refractivity contribution in [3.05, 3.63) is 12.0 Å². The predicted molar refractivity (Wildman–Crippen MR) is 43.6 cm³/mol. The molecule has 0 aromatic heterocycles. The molecular weight excluding hydrogens is 132 g/mol. The minimum absolute atomic E-state index is 0.141. The van der Waals surface area contributed by atoms with E-state index in [1.54, 1.807) is 17.2 Å². The van der Waals surface area contributed by atoms with Crippen molar-refractivity contribution in [2.45, 2.75) is 25.9 Å². The lowest BCUT2D eigenvalue weighted by atomic mass is 10.2. The molecule has 0 saturated heterocycles. The highest BCUT2D eigenvalue weighted by Gasteiger charge is 1.99. The molecule has 0 aliphatic carbocycles. The van der Waals surface area contributed by atoms with E-state index in [-0.39, 0.29) is 6.10 Å². The van der Waals surface area contributed by atoms with E-state index in [1.807, 2.05) is 0 Å². The lowest BCUT2D eigenvalue weighted by Crippen LogP contribution is -2.07. The van der Waals surface area contributed by atoms with Gasteiger partial charge in [0.1, 0.15) is 0 Å². The molecule has 1 unspecified atom stereocenters. The Bertz CT molecular complexity index is 73.3. The van der Waals surface area contributed by atoms with Crippen molar-refractivity contribution in [3.63, 3.8) is 0 Å². The third kappa shape index (κ3) is 5.93. The Morgan fingerprint density at radius 1 is 1.78 bits per heavy atom. The summed E-state index contributed by atoms with van der Waals surface area (Å²) in [6.45, 7) is 5.62. The molecule has 9 heavy (non-hydrogen) atoms. The van der Waals surface area contributed by atoms with Crippen molar-refractivity contribution in [2.24, 2.45) is 0 Å². The standard InChI is InChI=1S/C7H14OS/c1-3-5-7(8)6-9-4-2/h4,7-8H,2-3,5-6H2,1H3. The van der Waals surface area contributed by atoms with E-state index in [0.29, 0.717) is 0 Å². The number of aliphatic hydroxyl groups is 1. The van der Waals surface area contributed by atoms with Crippen LogP contribution in [-0.4, -0.2) is 17.0 Å². The summed E-state index contributed by atoms with van der Waals surface area (Å²) in [7, 11) is 0. The topological polar surface area (TPSA) is 20.2 Å². The van der Waals surface area contributed by atoms with Crippen LogP contribution in [0.25, 0.3) is 0 Å². The summed E-state index contributed by atoms with van der Waals surface area (Å²) < 4.78 is 0. The van der Waals surface area contributed by atoms with Crippen LogP contribution in [0.3, 0.4) is 0 Å². The minimum Gasteiger partial charge on any atom is -0.392 e. The molecule has 0 bridgehead atoms. The van der Waals surface area contributed by atoms with Gasteiger partial charge in [0.2, 0.25) is 0 Å². The van der Waals surface area contributed by atoms with Crippen LogP contribution in [-0.2, 0) is 0 Å². The summed E-state index contributed by atoms with van der Waals surface area (Å²) >= 11 is 1.57. The molecule has 0 saturated carbocycles. The van der Waals surface area contributed by atoms with Crippen LogP contribution in [0, 0.1) is 0 Å². The summed E-state index contributed by atoms with van der Waals surface area (Å²) in [5, 5.41) is 10.9. The van der Waals surface area contributed by atoms with Gasteiger partial charge in [-0.05, 0) is 11.8 Å². The molecule has 0 aliphatic heterocycles. The van der Waals surface area contributed by atoms with Crippen LogP contribution < -0.4 is 0 Å². The fourth-order valence-electron chi connectivity index (χ4n) is 0.596. The van der Waals surface area contributed by atoms with Gasteiger partial charge in [0.25, 0.3) is 0 Å². The molecule has 0 aliphatic rings. The van der Waals surface area contributed by atoms with Gasteiger partial charge in [0.15, 0.2) is 0 Å². The SMILES string of the molecule is C=CSCC(O)CCC. The van der Waals surface area contributed by atoms with Crippen LogP contribution in [0.15, 0.2) is 12.0 Å². The number of hydrogen-bond acceptors (Lipinski definition) is 2. The van der Waals surface area contributed by atoms with Crippen LogP contribution >= 0.6 is 11.8 Å². The Kier molecular flexibility index (Phi) is 6.21. The largest absolute Gasteiger partial charge is 0.392 e. The fourth-order valence-corrected chi connectivity index (χ4v) is 1.12. The van der Waals surface area contributed by atoms with Crippen molar-refractivity contribution in [3.8, 4) is 0 Å². The fraction of sp³-hybridized carbons (Fsp3) is 0.714. The van der Waals surface area contributed by atoms with E-state index in [9.17, 15) is 0 Å². The third-order valence-electron chi connectivity index (χ3n) is 1.03. The maximum Gasteiger partial charge on any atom is 0.0633 e. The van der Waals surface area contributed by atoms with E-state index < -0.39 is 0 Å². The smallest absolute Gasteiger partial charge is 0.0633 e. The summed E-state index contributed by atoms with van der Waals surface area (Å²) in [5.74, 6) is 0.789. The second kappa shape index (κ2) is 6.17. The van der Waals surface area contributed by atoms with E-state index in [4.69, 9.17) is 5.11 Å². The first kappa shape index (κ1) is 9.05.